The number of benzene rings is 2. The van der Waals surface area contributed by atoms with Crippen LogP contribution in [0.15, 0.2) is 89.7 Å². The molecule has 5 rings (SSSR count). The van der Waals surface area contributed by atoms with E-state index in [1.165, 1.54) is 4.68 Å². The highest BCUT2D eigenvalue weighted by molar-refractivity contribution is 5.78. The molecule has 0 atom stereocenters. The molecule has 5 heteroatoms. The summed E-state index contributed by atoms with van der Waals surface area (Å²) in [5.41, 5.74) is 4.27. The van der Waals surface area contributed by atoms with Crippen LogP contribution in [0, 0.1) is 0 Å². The highest BCUT2D eigenvalue weighted by Gasteiger charge is 2.12. The molecule has 0 unspecified atom stereocenters. The van der Waals surface area contributed by atoms with Gasteiger partial charge in [0.15, 0.2) is 5.65 Å². The molecule has 0 N–H and O–H groups in total. The van der Waals surface area contributed by atoms with E-state index in [0.29, 0.717) is 18.6 Å². The van der Waals surface area contributed by atoms with Crippen LogP contribution in [0.1, 0.15) is 5.69 Å². The van der Waals surface area contributed by atoms with Gasteiger partial charge < -0.3 is 0 Å². The van der Waals surface area contributed by atoms with E-state index in [1.807, 2.05) is 78.9 Å². The summed E-state index contributed by atoms with van der Waals surface area (Å²) in [7, 11) is 0. The highest BCUT2D eigenvalue weighted by atomic mass is 16.2. The smallest absolute Gasteiger partial charge is 0.253 e. The van der Waals surface area contributed by atoms with E-state index in [0.717, 1.165) is 27.9 Å². The molecule has 0 bridgehead atoms. The number of hydrogen-bond acceptors (Lipinski definition) is 3. The number of nitrogens with zero attached hydrogens (tertiary/aromatic N) is 4. The van der Waals surface area contributed by atoms with Gasteiger partial charge in [-0.3, -0.25) is 4.98 Å². The zero-order valence-corrected chi connectivity index (χ0v) is 15.2. The Labute approximate surface area is 161 Å². The van der Waals surface area contributed by atoms with Crippen LogP contribution in [0.5, 0.6) is 0 Å². The van der Waals surface area contributed by atoms with Gasteiger partial charge in [-0.05, 0) is 29.8 Å². The lowest BCUT2D eigenvalue weighted by atomic mass is 10.1. The lowest BCUT2D eigenvalue weighted by molar-refractivity contribution is 0.588. The minimum Gasteiger partial charge on any atom is -0.253 e. The van der Waals surface area contributed by atoms with Crippen molar-refractivity contribution in [2.75, 3.05) is 0 Å². The Morgan fingerprint density at radius 1 is 0.786 bits per heavy atom. The minimum absolute atomic E-state index is 0.129. The van der Waals surface area contributed by atoms with E-state index in [4.69, 9.17) is 0 Å². The first kappa shape index (κ1) is 16.4. The fraction of sp³-hybridized carbons (Fsp3) is 0.0870. The van der Waals surface area contributed by atoms with E-state index in [-0.39, 0.29) is 5.69 Å². The molecule has 0 saturated heterocycles. The summed E-state index contributed by atoms with van der Waals surface area (Å²) in [6.45, 7) is 0.486. The van der Waals surface area contributed by atoms with E-state index >= 15 is 0 Å². The third kappa shape index (κ3) is 2.87. The second-order valence-corrected chi connectivity index (χ2v) is 6.72. The zero-order valence-electron chi connectivity index (χ0n) is 15.2. The Morgan fingerprint density at radius 2 is 1.61 bits per heavy atom. The van der Waals surface area contributed by atoms with Crippen LogP contribution in [0.25, 0.3) is 27.8 Å². The normalized spacial score (nSPS) is 11.3. The predicted octanol–water partition coefficient (Wildman–Crippen LogP) is 3.95. The van der Waals surface area contributed by atoms with Crippen molar-refractivity contribution >= 4 is 16.6 Å². The Bertz CT molecular complexity index is 1340. The molecular formula is C23H18N4O. The number of aromatic nitrogens is 4. The SMILES string of the molecule is O=c1n(CCc2ccc3ccccc3n2)nc2cccc(-c3ccccc3)n12. The number of fused-ring (bicyclic) bond motifs is 2. The monoisotopic (exact) mass is 366 g/mol. The number of pyridine rings is 2. The van der Waals surface area contributed by atoms with Gasteiger partial charge in [0.1, 0.15) is 0 Å². The fourth-order valence-electron chi connectivity index (χ4n) is 3.51. The Balaban J connectivity index is 1.49. The average Bonchev–Trinajstić information content (AvgIpc) is 3.08. The molecule has 0 radical (unpaired) electrons. The van der Waals surface area contributed by atoms with Crippen LogP contribution in [-0.4, -0.2) is 19.2 Å². The lowest BCUT2D eigenvalue weighted by Crippen LogP contribution is -2.23. The summed E-state index contributed by atoms with van der Waals surface area (Å²) in [5, 5.41) is 5.63. The van der Waals surface area contributed by atoms with Gasteiger partial charge in [0, 0.05) is 17.5 Å². The molecule has 0 aliphatic carbocycles. The van der Waals surface area contributed by atoms with Gasteiger partial charge in [0.25, 0.3) is 0 Å². The van der Waals surface area contributed by atoms with Crippen LogP contribution in [0.4, 0.5) is 0 Å². The van der Waals surface area contributed by atoms with E-state index in [9.17, 15) is 4.79 Å². The lowest BCUT2D eigenvalue weighted by Gasteiger charge is -2.04. The Kier molecular flexibility index (Phi) is 3.98. The molecule has 28 heavy (non-hydrogen) atoms. The topological polar surface area (TPSA) is 52.2 Å². The number of aryl methyl sites for hydroxylation is 2. The van der Waals surface area contributed by atoms with E-state index in [1.54, 1.807) is 4.40 Å². The van der Waals surface area contributed by atoms with Crippen molar-refractivity contribution in [1.82, 2.24) is 19.2 Å². The molecule has 5 aromatic rings. The summed E-state index contributed by atoms with van der Waals surface area (Å²) >= 11 is 0. The summed E-state index contributed by atoms with van der Waals surface area (Å²) in [5.74, 6) is 0. The van der Waals surface area contributed by atoms with Gasteiger partial charge in [-0.15, -0.1) is 5.10 Å². The molecule has 136 valence electrons. The maximum atomic E-state index is 13.0. The molecule has 0 spiro atoms. The molecular weight excluding hydrogens is 348 g/mol. The second-order valence-electron chi connectivity index (χ2n) is 6.72. The van der Waals surface area contributed by atoms with Crippen molar-refractivity contribution < 1.29 is 0 Å². The summed E-state index contributed by atoms with van der Waals surface area (Å²) in [6, 6.07) is 27.7. The first-order valence-corrected chi connectivity index (χ1v) is 9.28. The van der Waals surface area contributed by atoms with Gasteiger partial charge in [-0.1, -0.05) is 60.7 Å². The maximum absolute atomic E-state index is 13.0. The molecule has 2 aromatic carbocycles. The minimum atomic E-state index is -0.129. The summed E-state index contributed by atoms with van der Waals surface area (Å²) in [4.78, 5) is 17.7. The summed E-state index contributed by atoms with van der Waals surface area (Å²) in [6.07, 6.45) is 0.648. The van der Waals surface area contributed by atoms with Crippen molar-refractivity contribution in [3.63, 3.8) is 0 Å². The van der Waals surface area contributed by atoms with Gasteiger partial charge in [-0.25, -0.2) is 13.9 Å². The number of hydrogen-bond donors (Lipinski definition) is 0. The van der Waals surface area contributed by atoms with Gasteiger partial charge in [0.2, 0.25) is 0 Å². The molecule has 0 aliphatic heterocycles. The second kappa shape index (κ2) is 6.78. The standard InChI is InChI=1S/C23H18N4O/c28-23-26(16-15-19-14-13-17-7-4-5-10-20(17)24-19)25-22-12-6-11-21(27(22)23)18-8-2-1-3-9-18/h1-14H,15-16H2. The van der Waals surface area contributed by atoms with Crippen molar-refractivity contribution in [2.24, 2.45) is 0 Å². The third-order valence-electron chi connectivity index (χ3n) is 4.91. The molecule has 0 aliphatic rings. The van der Waals surface area contributed by atoms with Crippen LogP contribution >= 0.6 is 0 Å². The largest absolute Gasteiger partial charge is 0.350 e. The van der Waals surface area contributed by atoms with E-state index in [2.05, 4.69) is 16.1 Å². The van der Waals surface area contributed by atoms with Crippen LogP contribution in [0.3, 0.4) is 0 Å². The average molecular weight is 366 g/mol. The third-order valence-corrected chi connectivity index (χ3v) is 4.91. The van der Waals surface area contributed by atoms with Crippen LogP contribution in [-0.2, 0) is 13.0 Å². The highest BCUT2D eigenvalue weighted by Crippen LogP contribution is 2.18. The zero-order chi connectivity index (χ0) is 18.9. The fourth-order valence-corrected chi connectivity index (χ4v) is 3.51. The van der Waals surface area contributed by atoms with Crippen LogP contribution < -0.4 is 5.69 Å². The quantitative estimate of drug-likeness (QED) is 0.484. The number of rotatable bonds is 4. The first-order chi connectivity index (χ1) is 13.8. The summed E-state index contributed by atoms with van der Waals surface area (Å²) < 4.78 is 3.20. The molecule has 5 nitrogen and oxygen atoms in total. The molecule has 3 aromatic heterocycles. The van der Waals surface area contributed by atoms with Gasteiger partial charge >= 0.3 is 5.69 Å². The van der Waals surface area contributed by atoms with Crippen molar-refractivity contribution in [3.8, 4) is 11.3 Å². The molecule has 0 amide bonds. The molecule has 0 saturated carbocycles. The van der Waals surface area contributed by atoms with Crippen molar-refractivity contribution in [2.45, 2.75) is 13.0 Å². The van der Waals surface area contributed by atoms with E-state index < -0.39 is 0 Å². The Hall–Kier alpha value is -3.73. The van der Waals surface area contributed by atoms with Crippen LogP contribution in [0.2, 0.25) is 0 Å². The van der Waals surface area contributed by atoms with Crippen molar-refractivity contribution in [1.29, 1.82) is 0 Å². The molecule has 0 fully saturated rings. The molecule has 3 heterocycles. The first-order valence-electron chi connectivity index (χ1n) is 9.28. The predicted molar refractivity (Wildman–Crippen MR) is 110 cm³/mol. The Morgan fingerprint density at radius 3 is 2.50 bits per heavy atom. The van der Waals surface area contributed by atoms with Gasteiger partial charge in [-0.2, -0.15) is 0 Å². The van der Waals surface area contributed by atoms with Gasteiger partial charge in [0.05, 0.1) is 17.8 Å². The maximum Gasteiger partial charge on any atom is 0.350 e. The number of para-hydroxylation sites is 1. The van der Waals surface area contributed by atoms with Crippen molar-refractivity contribution in [3.05, 3.63) is 101 Å².